The quantitative estimate of drug-likeness (QED) is 0.406. The topological polar surface area (TPSA) is 88.9 Å². The maximum absolute atomic E-state index is 13.8. The van der Waals surface area contributed by atoms with Gasteiger partial charge >= 0.3 is 0 Å². The van der Waals surface area contributed by atoms with Crippen molar-refractivity contribution in [2.24, 2.45) is 0 Å². The number of allylic oxidation sites excluding steroid dienone is 1. The third-order valence-corrected chi connectivity index (χ3v) is 4.99. The Morgan fingerprint density at radius 3 is 2.57 bits per heavy atom. The summed E-state index contributed by atoms with van der Waals surface area (Å²) in [5.74, 6) is -0.689. The average Bonchev–Trinajstić information content (AvgIpc) is 3.13. The van der Waals surface area contributed by atoms with Crippen LogP contribution in [0, 0.1) is 5.82 Å². The number of hydrogen-bond acceptors (Lipinski definition) is 5. The van der Waals surface area contributed by atoms with Crippen LogP contribution in [0.2, 0.25) is 0 Å². The van der Waals surface area contributed by atoms with Crippen LogP contribution < -0.4 is 10.6 Å². The van der Waals surface area contributed by atoms with Gasteiger partial charge in [-0.25, -0.2) is 4.39 Å². The van der Waals surface area contributed by atoms with Gasteiger partial charge in [0.25, 0.3) is 5.91 Å². The van der Waals surface area contributed by atoms with Crippen LogP contribution in [0.25, 0.3) is 0 Å². The van der Waals surface area contributed by atoms with Crippen LogP contribution in [0.4, 0.5) is 10.1 Å². The maximum atomic E-state index is 13.8. The summed E-state index contributed by atoms with van der Waals surface area (Å²) in [5, 5.41) is 14.2. The van der Waals surface area contributed by atoms with Gasteiger partial charge in [-0.3, -0.25) is 9.59 Å². The third kappa shape index (κ3) is 5.54. The fraction of sp³-hybridized carbons (Fsp3) is 0.143. The molecule has 7 nitrogen and oxygen atoms in total. The second kappa shape index (κ2) is 10.4. The van der Waals surface area contributed by atoms with Gasteiger partial charge in [-0.1, -0.05) is 48.2 Å². The Morgan fingerprint density at radius 2 is 1.83 bits per heavy atom. The molecular weight excluding hydrogens is 405 g/mol. The molecule has 30 heavy (non-hydrogen) atoms. The van der Waals surface area contributed by atoms with Gasteiger partial charge in [0.05, 0.1) is 17.9 Å². The van der Waals surface area contributed by atoms with Gasteiger partial charge in [-0.2, -0.15) is 0 Å². The molecule has 0 unspecified atom stereocenters. The lowest BCUT2D eigenvalue weighted by Gasteiger charge is -2.09. The highest BCUT2D eigenvalue weighted by Gasteiger charge is 2.16. The molecule has 0 spiro atoms. The largest absolute Gasteiger partial charge is 0.345 e. The van der Waals surface area contributed by atoms with E-state index < -0.39 is 11.7 Å². The normalized spacial score (nSPS) is 10.4. The number of nitrogens with zero attached hydrogens (tertiary/aromatic N) is 3. The molecule has 0 saturated carbocycles. The first kappa shape index (κ1) is 21.3. The van der Waals surface area contributed by atoms with E-state index in [-0.39, 0.29) is 23.8 Å². The molecule has 154 valence electrons. The first-order valence-electron chi connectivity index (χ1n) is 9.12. The molecule has 0 fully saturated rings. The van der Waals surface area contributed by atoms with E-state index in [1.165, 1.54) is 30.0 Å². The van der Waals surface area contributed by atoms with Crippen LogP contribution in [-0.4, -0.2) is 32.3 Å². The second-order valence-electron chi connectivity index (χ2n) is 6.16. The van der Waals surface area contributed by atoms with Crippen LogP contribution >= 0.6 is 11.8 Å². The number of amides is 2. The molecule has 2 N–H and O–H groups in total. The average molecular weight is 425 g/mol. The van der Waals surface area contributed by atoms with Crippen molar-refractivity contribution in [1.82, 2.24) is 20.1 Å². The summed E-state index contributed by atoms with van der Waals surface area (Å²) in [5.41, 5.74) is 0.673. The number of halogens is 1. The van der Waals surface area contributed by atoms with E-state index in [4.69, 9.17) is 0 Å². The zero-order chi connectivity index (χ0) is 21.3. The number of carbonyl (C=O) groups is 2. The molecule has 2 aromatic carbocycles. The molecular formula is C21H20FN5O2S. The van der Waals surface area contributed by atoms with E-state index >= 15 is 0 Å². The zero-order valence-electron chi connectivity index (χ0n) is 16.0. The Bertz CT molecular complexity index is 1040. The van der Waals surface area contributed by atoms with Gasteiger partial charge in [0.2, 0.25) is 5.91 Å². The van der Waals surface area contributed by atoms with Crippen molar-refractivity contribution in [3.8, 4) is 0 Å². The van der Waals surface area contributed by atoms with Crippen molar-refractivity contribution in [2.75, 3.05) is 11.1 Å². The van der Waals surface area contributed by atoms with Gasteiger partial charge in [-0.05, 0) is 24.3 Å². The van der Waals surface area contributed by atoms with Crippen LogP contribution in [0.15, 0.2) is 72.4 Å². The van der Waals surface area contributed by atoms with E-state index in [2.05, 4.69) is 27.4 Å². The fourth-order valence-electron chi connectivity index (χ4n) is 2.62. The Hall–Kier alpha value is -3.46. The number of anilines is 1. The highest BCUT2D eigenvalue weighted by Crippen LogP contribution is 2.18. The molecule has 1 heterocycles. The molecule has 0 radical (unpaired) electrons. The number of aromatic nitrogens is 3. The Morgan fingerprint density at radius 1 is 1.10 bits per heavy atom. The first-order valence-corrected chi connectivity index (χ1v) is 10.1. The zero-order valence-corrected chi connectivity index (χ0v) is 16.9. The molecule has 0 bridgehead atoms. The smallest absolute Gasteiger partial charge is 0.254 e. The van der Waals surface area contributed by atoms with Crippen molar-refractivity contribution in [3.63, 3.8) is 0 Å². The van der Waals surface area contributed by atoms with Gasteiger partial charge < -0.3 is 15.2 Å². The van der Waals surface area contributed by atoms with Crippen molar-refractivity contribution in [3.05, 3.63) is 84.5 Å². The summed E-state index contributed by atoms with van der Waals surface area (Å²) >= 11 is 1.23. The van der Waals surface area contributed by atoms with Crippen molar-refractivity contribution < 1.29 is 14.0 Å². The van der Waals surface area contributed by atoms with E-state index in [9.17, 15) is 14.0 Å². The minimum absolute atomic E-state index is 0.0422. The lowest BCUT2D eigenvalue weighted by Crippen LogP contribution is -2.25. The highest BCUT2D eigenvalue weighted by molar-refractivity contribution is 7.99. The fourth-order valence-corrected chi connectivity index (χ4v) is 3.38. The summed E-state index contributed by atoms with van der Waals surface area (Å²) in [6, 6.07) is 14.9. The van der Waals surface area contributed by atoms with Gasteiger partial charge in [0, 0.05) is 12.2 Å². The van der Waals surface area contributed by atoms with Crippen molar-refractivity contribution >= 4 is 29.3 Å². The standard InChI is InChI=1S/C21H20FN5O2S/c1-2-12-27-18(13-23-20(29)16-10-6-7-11-17(16)22)25-26-21(27)30-14-19(28)24-15-8-4-3-5-9-15/h2-11H,1,12-14H2,(H,23,29)(H,24,28). The SMILES string of the molecule is C=CCn1c(CNC(=O)c2ccccc2F)nnc1SCC(=O)Nc1ccccc1. The predicted molar refractivity (Wildman–Crippen MR) is 114 cm³/mol. The summed E-state index contributed by atoms with van der Waals surface area (Å²) in [6.07, 6.45) is 1.67. The van der Waals surface area contributed by atoms with Gasteiger partial charge in [-0.15, -0.1) is 16.8 Å². The summed E-state index contributed by atoms with van der Waals surface area (Å²) < 4.78 is 15.5. The van der Waals surface area contributed by atoms with Crippen LogP contribution in [0.3, 0.4) is 0 Å². The molecule has 0 atom stereocenters. The van der Waals surface area contributed by atoms with Crippen LogP contribution in [-0.2, 0) is 17.9 Å². The van der Waals surface area contributed by atoms with Crippen LogP contribution in [0.1, 0.15) is 16.2 Å². The molecule has 0 aliphatic carbocycles. The van der Waals surface area contributed by atoms with Crippen LogP contribution in [0.5, 0.6) is 0 Å². The monoisotopic (exact) mass is 425 g/mol. The molecule has 3 aromatic rings. The Kier molecular flexibility index (Phi) is 7.34. The summed E-state index contributed by atoms with van der Waals surface area (Å²) in [7, 11) is 0. The lowest BCUT2D eigenvalue weighted by atomic mass is 10.2. The molecule has 9 heteroatoms. The number of benzene rings is 2. The number of para-hydroxylation sites is 1. The molecule has 0 aliphatic heterocycles. The highest BCUT2D eigenvalue weighted by atomic mass is 32.2. The minimum atomic E-state index is -0.594. The predicted octanol–water partition coefficient (Wildman–Crippen LogP) is 3.26. The van der Waals surface area contributed by atoms with Gasteiger partial charge in [0.15, 0.2) is 11.0 Å². The van der Waals surface area contributed by atoms with E-state index in [0.717, 1.165) is 0 Å². The number of nitrogens with one attached hydrogen (secondary N) is 2. The lowest BCUT2D eigenvalue weighted by molar-refractivity contribution is -0.113. The first-order chi connectivity index (χ1) is 14.6. The Labute approximate surface area is 177 Å². The number of rotatable bonds is 9. The molecule has 2 amide bonds. The van der Waals surface area contributed by atoms with E-state index in [0.29, 0.717) is 23.2 Å². The van der Waals surface area contributed by atoms with Gasteiger partial charge in [0.1, 0.15) is 5.82 Å². The van der Waals surface area contributed by atoms with E-state index in [1.54, 1.807) is 28.8 Å². The van der Waals surface area contributed by atoms with Crippen molar-refractivity contribution in [2.45, 2.75) is 18.2 Å². The van der Waals surface area contributed by atoms with E-state index in [1.807, 2.05) is 18.2 Å². The second-order valence-corrected chi connectivity index (χ2v) is 7.11. The molecule has 0 saturated heterocycles. The number of hydrogen-bond donors (Lipinski definition) is 2. The van der Waals surface area contributed by atoms with Crippen molar-refractivity contribution in [1.29, 1.82) is 0 Å². The Balaban J connectivity index is 1.61. The summed E-state index contributed by atoms with van der Waals surface area (Å²) in [6.45, 7) is 4.19. The number of carbonyl (C=O) groups excluding carboxylic acids is 2. The summed E-state index contributed by atoms with van der Waals surface area (Å²) in [4.78, 5) is 24.4. The molecule has 1 aromatic heterocycles. The minimum Gasteiger partial charge on any atom is -0.345 e. The maximum Gasteiger partial charge on any atom is 0.254 e. The molecule has 0 aliphatic rings. The molecule has 3 rings (SSSR count). The number of thioether (sulfide) groups is 1. The third-order valence-electron chi connectivity index (χ3n) is 4.02.